The smallest absolute Gasteiger partial charge is 0.252 e. The van der Waals surface area contributed by atoms with Crippen molar-refractivity contribution < 1.29 is 14.3 Å². The lowest BCUT2D eigenvalue weighted by Gasteiger charge is -2.09. The number of nitrogens with one attached hydrogen (secondary N) is 2. The molecular formula is C17H19N3O3. The molecule has 0 spiro atoms. The van der Waals surface area contributed by atoms with Crippen molar-refractivity contribution in [2.24, 2.45) is 0 Å². The van der Waals surface area contributed by atoms with Crippen molar-refractivity contribution in [3.63, 3.8) is 0 Å². The van der Waals surface area contributed by atoms with Gasteiger partial charge in [0.1, 0.15) is 5.75 Å². The van der Waals surface area contributed by atoms with Crippen LogP contribution in [0.4, 0.5) is 0 Å². The molecule has 0 radical (unpaired) electrons. The van der Waals surface area contributed by atoms with E-state index in [1.807, 2.05) is 24.3 Å². The molecule has 0 atom stereocenters. The molecule has 1 heterocycles. The molecule has 2 aromatic rings. The fraction of sp³-hybridized carbons (Fsp3) is 0.235. The molecule has 0 fully saturated rings. The second-order valence-electron chi connectivity index (χ2n) is 4.84. The standard InChI is InChI=1S/C17H19N3O3/c1-23-15-7-3-2-5-13(15)11-16(21)19-9-10-20-17(22)14-6-4-8-18-12-14/h2-8,12H,9-11H2,1H3,(H,19,21)(H,20,22). The molecule has 0 aliphatic heterocycles. The predicted molar refractivity (Wildman–Crippen MR) is 86.3 cm³/mol. The number of carbonyl (C=O) groups excluding carboxylic acids is 2. The van der Waals surface area contributed by atoms with Crippen molar-refractivity contribution in [3.05, 3.63) is 59.9 Å². The van der Waals surface area contributed by atoms with Crippen LogP contribution in [0.25, 0.3) is 0 Å². The number of ether oxygens (including phenoxy) is 1. The minimum Gasteiger partial charge on any atom is -0.496 e. The van der Waals surface area contributed by atoms with Crippen molar-refractivity contribution >= 4 is 11.8 Å². The quantitative estimate of drug-likeness (QED) is 0.752. The first-order chi connectivity index (χ1) is 11.2. The third kappa shape index (κ3) is 5.10. The van der Waals surface area contributed by atoms with E-state index in [9.17, 15) is 9.59 Å². The van der Waals surface area contributed by atoms with Crippen molar-refractivity contribution in [2.75, 3.05) is 20.2 Å². The summed E-state index contributed by atoms with van der Waals surface area (Å²) in [7, 11) is 1.57. The highest BCUT2D eigenvalue weighted by Crippen LogP contribution is 2.17. The fourth-order valence-corrected chi connectivity index (χ4v) is 2.06. The van der Waals surface area contributed by atoms with Crippen LogP contribution >= 0.6 is 0 Å². The SMILES string of the molecule is COc1ccccc1CC(=O)NCCNC(=O)c1cccnc1. The molecule has 120 valence electrons. The number of benzene rings is 1. The topological polar surface area (TPSA) is 80.3 Å². The number of aromatic nitrogens is 1. The molecule has 2 amide bonds. The van der Waals surface area contributed by atoms with Gasteiger partial charge >= 0.3 is 0 Å². The zero-order chi connectivity index (χ0) is 16.5. The summed E-state index contributed by atoms with van der Waals surface area (Å²) in [5.41, 5.74) is 1.32. The maximum Gasteiger partial charge on any atom is 0.252 e. The van der Waals surface area contributed by atoms with E-state index in [2.05, 4.69) is 15.6 Å². The Morgan fingerprint density at radius 3 is 2.61 bits per heavy atom. The van der Waals surface area contributed by atoms with E-state index in [4.69, 9.17) is 4.74 Å². The molecule has 6 nitrogen and oxygen atoms in total. The van der Waals surface area contributed by atoms with Crippen LogP contribution < -0.4 is 15.4 Å². The first-order valence-electron chi connectivity index (χ1n) is 7.27. The minimum atomic E-state index is -0.211. The Labute approximate surface area is 134 Å². The van der Waals surface area contributed by atoms with Crippen molar-refractivity contribution in [1.29, 1.82) is 0 Å². The lowest BCUT2D eigenvalue weighted by atomic mass is 10.1. The monoisotopic (exact) mass is 313 g/mol. The number of hydrogen-bond acceptors (Lipinski definition) is 4. The van der Waals surface area contributed by atoms with Crippen molar-refractivity contribution in [2.45, 2.75) is 6.42 Å². The predicted octanol–water partition coefficient (Wildman–Crippen LogP) is 1.18. The summed E-state index contributed by atoms with van der Waals surface area (Å²) in [6.07, 6.45) is 3.34. The van der Waals surface area contributed by atoms with Crippen LogP contribution in [0.1, 0.15) is 15.9 Å². The second-order valence-corrected chi connectivity index (χ2v) is 4.84. The van der Waals surface area contributed by atoms with E-state index in [1.54, 1.807) is 25.4 Å². The van der Waals surface area contributed by atoms with Gasteiger partial charge in [0.05, 0.1) is 19.1 Å². The van der Waals surface area contributed by atoms with E-state index >= 15 is 0 Å². The molecule has 23 heavy (non-hydrogen) atoms. The van der Waals surface area contributed by atoms with Crippen LogP contribution in [0.2, 0.25) is 0 Å². The number of para-hydroxylation sites is 1. The maximum absolute atomic E-state index is 11.9. The average molecular weight is 313 g/mol. The Balaban J connectivity index is 1.72. The molecule has 0 saturated carbocycles. The number of rotatable bonds is 7. The Bertz CT molecular complexity index is 659. The van der Waals surface area contributed by atoms with Crippen LogP contribution in [0.3, 0.4) is 0 Å². The van der Waals surface area contributed by atoms with Crippen LogP contribution in [-0.4, -0.2) is 37.0 Å². The Kier molecular flexibility index (Phi) is 6.11. The number of methoxy groups -OCH3 is 1. The summed E-state index contributed by atoms with van der Waals surface area (Å²) in [5.74, 6) is 0.356. The number of carbonyl (C=O) groups is 2. The lowest BCUT2D eigenvalue weighted by molar-refractivity contribution is -0.120. The number of pyridine rings is 1. The van der Waals surface area contributed by atoms with Crippen LogP contribution in [0, 0.1) is 0 Å². The molecule has 6 heteroatoms. The zero-order valence-electron chi connectivity index (χ0n) is 12.9. The fourth-order valence-electron chi connectivity index (χ4n) is 2.06. The van der Waals surface area contributed by atoms with Gasteiger partial charge < -0.3 is 15.4 Å². The van der Waals surface area contributed by atoms with Gasteiger partial charge in [-0.2, -0.15) is 0 Å². The maximum atomic E-state index is 11.9. The third-order valence-electron chi connectivity index (χ3n) is 3.20. The number of hydrogen-bond donors (Lipinski definition) is 2. The highest BCUT2D eigenvalue weighted by atomic mass is 16.5. The Morgan fingerprint density at radius 2 is 1.87 bits per heavy atom. The molecular weight excluding hydrogens is 294 g/mol. The van der Waals surface area contributed by atoms with Gasteiger partial charge in [-0.15, -0.1) is 0 Å². The van der Waals surface area contributed by atoms with Gasteiger partial charge in [-0.1, -0.05) is 18.2 Å². The first-order valence-corrected chi connectivity index (χ1v) is 7.27. The summed E-state index contributed by atoms with van der Waals surface area (Å²) in [4.78, 5) is 27.6. The third-order valence-corrected chi connectivity index (χ3v) is 3.20. The van der Waals surface area contributed by atoms with Gasteiger partial charge in [0, 0.05) is 31.0 Å². The van der Waals surface area contributed by atoms with Crippen LogP contribution in [0.15, 0.2) is 48.8 Å². The first kappa shape index (κ1) is 16.5. The highest BCUT2D eigenvalue weighted by molar-refractivity contribution is 5.93. The van der Waals surface area contributed by atoms with Gasteiger partial charge in [-0.05, 0) is 18.2 Å². The molecule has 0 saturated heterocycles. The average Bonchev–Trinajstić information content (AvgIpc) is 2.59. The van der Waals surface area contributed by atoms with Crippen molar-refractivity contribution in [1.82, 2.24) is 15.6 Å². The van der Waals surface area contributed by atoms with Gasteiger partial charge in [0.25, 0.3) is 5.91 Å². The van der Waals surface area contributed by atoms with Crippen molar-refractivity contribution in [3.8, 4) is 5.75 Å². The van der Waals surface area contributed by atoms with Crippen LogP contribution in [-0.2, 0) is 11.2 Å². The number of nitrogens with zero attached hydrogens (tertiary/aromatic N) is 1. The molecule has 1 aromatic heterocycles. The van der Waals surface area contributed by atoms with E-state index < -0.39 is 0 Å². The van der Waals surface area contributed by atoms with Gasteiger partial charge in [0.2, 0.25) is 5.91 Å². The van der Waals surface area contributed by atoms with Gasteiger partial charge in [-0.25, -0.2) is 0 Å². The minimum absolute atomic E-state index is 0.120. The van der Waals surface area contributed by atoms with E-state index in [0.29, 0.717) is 24.4 Å². The summed E-state index contributed by atoms with van der Waals surface area (Å²) in [5, 5.41) is 5.49. The van der Waals surface area contributed by atoms with Gasteiger partial charge in [-0.3, -0.25) is 14.6 Å². The summed E-state index contributed by atoms with van der Waals surface area (Å²) < 4.78 is 5.21. The molecule has 1 aromatic carbocycles. The second kappa shape index (κ2) is 8.53. The molecule has 0 unspecified atom stereocenters. The molecule has 0 aliphatic rings. The number of amides is 2. The molecule has 2 rings (SSSR count). The molecule has 0 bridgehead atoms. The molecule has 0 aliphatic carbocycles. The van der Waals surface area contributed by atoms with E-state index in [-0.39, 0.29) is 18.2 Å². The largest absolute Gasteiger partial charge is 0.496 e. The Hall–Kier alpha value is -2.89. The summed E-state index contributed by atoms with van der Waals surface area (Å²) in [6.45, 7) is 0.714. The Morgan fingerprint density at radius 1 is 1.09 bits per heavy atom. The van der Waals surface area contributed by atoms with E-state index in [0.717, 1.165) is 5.56 Å². The summed E-state index contributed by atoms with van der Waals surface area (Å²) >= 11 is 0. The van der Waals surface area contributed by atoms with Crippen LogP contribution in [0.5, 0.6) is 5.75 Å². The van der Waals surface area contributed by atoms with Gasteiger partial charge in [0.15, 0.2) is 0 Å². The normalized spacial score (nSPS) is 9.96. The lowest BCUT2D eigenvalue weighted by Crippen LogP contribution is -2.35. The zero-order valence-corrected chi connectivity index (χ0v) is 12.9. The van der Waals surface area contributed by atoms with E-state index in [1.165, 1.54) is 6.20 Å². The summed E-state index contributed by atoms with van der Waals surface area (Å²) in [6, 6.07) is 10.8. The molecule has 2 N–H and O–H groups in total. The highest BCUT2D eigenvalue weighted by Gasteiger charge is 2.08.